The Balaban J connectivity index is 2.22. The van der Waals surface area contributed by atoms with Crippen LogP contribution in [0.5, 0.6) is 0 Å². The standard InChI is InChI=1S/C13H12Cl2N2O/c1-8-9(2)17(7-16-8)6-13(18)10-3-4-11(14)12(15)5-10/h3-5,7H,6H2,1-2H3. The number of hydrogen-bond acceptors (Lipinski definition) is 2. The number of benzene rings is 1. The molecule has 0 radical (unpaired) electrons. The first-order chi connectivity index (χ1) is 8.49. The van der Waals surface area contributed by atoms with E-state index in [0.29, 0.717) is 15.6 Å². The minimum absolute atomic E-state index is 0.0194. The van der Waals surface area contributed by atoms with E-state index in [1.165, 1.54) is 0 Å². The van der Waals surface area contributed by atoms with Crippen LogP contribution in [0, 0.1) is 13.8 Å². The summed E-state index contributed by atoms with van der Waals surface area (Å²) < 4.78 is 1.82. The zero-order chi connectivity index (χ0) is 13.3. The highest BCUT2D eigenvalue weighted by molar-refractivity contribution is 6.42. The van der Waals surface area contributed by atoms with E-state index in [-0.39, 0.29) is 12.3 Å². The smallest absolute Gasteiger partial charge is 0.182 e. The molecule has 0 aliphatic carbocycles. The summed E-state index contributed by atoms with van der Waals surface area (Å²) >= 11 is 11.7. The van der Waals surface area contributed by atoms with Crippen LogP contribution in [0.2, 0.25) is 10.0 Å². The number of aryl methyl sites for hydroxylation is 1. The topological polar surface area (TPSA) is 34.9 Å². The fourth-order valence-electron chi connectivity index (χ4n) is 1.62. The molecule has 0 N–H and O–H groups in total. The van der Waals surface area contributed by atoms with Crippen molar-refractivity contribution in [3.8, 4) is 0 Å². The molecule has 3 nitrogen and oxygen atoms in total. The molecule has 2 rings (SSSR count). The molecule has 0 saturated carbocycles. The monoisotopic (exact) mass is 282 g/mol. The third-order valence-electron chi connectivity index (χ3n) is 2.90. The maximum atomic E-state index is 12.1. The van der Waals surface area contributed by atoms with Crippen molar-refractivity contribution in [1.82, 2.24) is 9.55 Å². The summed E-state index contributed by atoms with van der Waals surface area (Å²) in [6, 6.07) is 4.89. The average Bonchev–Trinajstić information content (AvgIpc) is 2.64. The van der Waals surface area contributed by atoms with Crippen LogP contribution in [0.4, 0.5) is 0 Å². The Morgan fingerprint density at radius 3 is 2.56 bits per heavy atom. The minimum Gasteiger partial charge on any atom is -0.327 e. The van der Waals surface area contributed by atoms with Crippen LogP contribution >= 0.6 is 23.2 Å². The predicted molar refractivity (Wildman–Crippen MR) is 72.5 cm³/mol. The van der Waals surface area contributed by atoms with Gasteiger partial charge in [0.15, 0.2) is 5.78 Å². The van der Waals surface area contributed by atoms with Crippen LogP contribution in [0.15, 0.2) is 24.5 Å². The predicted octanol–water partition coefficient (Wildman–Crippen LogP) is 3.69. The fourth-order valence-corrected chi connectivity index (χ4v) is 1.92. The van der Waals surface area contributed by atoms with Crippen molar-refractivity contribution in [3.63, 3.8) is 0 Å². The zero-order valence-corrected chi connectivity index (χ0v) is 11.6. The summed E-state index contributed by atoms with van der Waals surface area (Å²) in [5, 5.41) is 0.837. The van der Waals surface area contributed by atoms with Crippen molar-refractivity contribution < 1.29 is 4.79 Å². The lowest BCUT2D eigenvalue weighted by molar-refractivity contribution is 0.0971. The molecule has 0 fully saturated rings. The Morgan fingerprint density at radius 2 is 2.00 bits per heavy atom. The average molecular weight is 283 g/mol. The number of imidazole rings is 1. The molecule has 0 unspecified atom stereocenters. The van der Waals surface area contributed by atoms with Crippen molar-refractivity contribution in [1.29, 1.82) is 0 Å². The number of rotatable bonds is 3. The van der Waals surface area contributed by atoms with E-state index in [2.05, 4.69) is 4.98 Å². The lowest BCUT2D eigenvalue weighted by Gasteiger charge is -2.06. The molecule has 1 aromatic carbocycles. The molecular weight excluding hydrogens is 271 g/mol. The molecule has 1 aromatic heterocycles. The lowest BCUT2D eigenvalue weighted by atomic mass is 10.1. The highest BCUT2D eigenvalue weighted by Crippen LogP contribution is 2.23. The van der Waals surface area contributed by atoms with E-state index >= 15 is 0 Å². The Hall–Kier alpha value is -1.32. The summed E-state index contributed by atoms with van der Waals surface area (Å²) in [7, 11) is 0. The number of hydrogen-bond donors (Lipinski definition) is 0. The molecule has 0 aliphatic heterocycles. The fraction of sp³-hybridized carbons (Fsp3) is 0.231. The van der Waals surface area contributed by atoms with Gasteiger partial charge in [0.1, 0.15) is 0 Å². The second-order valence-corrected chi connectivity index (χ2v) is 4.91. The number of nitrogens with zero attached hydrogens (tertiary/aromatic N) is 2. The molecule has 0 atom stereocenters. The highest BCUT2D eigenvalue weighted by Gasteiger charge is 2.11. The van der Waals surface area contributed by atoms with Gasteiger partial charge in [-0.3, -0.25) is 4.79 Å². The quantitative estimate of drug-likeness (QED) is 0.805. The summed E-state index contributed by atoms with van der Waals surface area (Å²) in [5.74, 6) is -0.0194. The van der Waals surface area contributed by atoms with Gasteiger partial charge in [-0.2, -0.15) is 0 Å². The Kier molecular flexibility index (Phi) is 3.73. The zero-order valence-electron chi connectivity index (χ0n) is 10.1. The van der Waals surface area contributed by atoms with Gasteiger partial charge < -0.3 is 4.57 Å². The van der Waals surface area contributed by atoms with E-state index < -0.39 is 0 Å². The number of carbonyl (C=O) groups is 1. The summed E-state index contributed by atoms with van der Waals surface area (Å²) in [4.78, 5) is 16.2. The van der Waals surface area contributed by atoms with Gasteiger partial charge in [0.2, 0.25) is 0 Å². The van der Waals surface area contributed by atoms with Crippen LogP contribution in [0.25, 0.3) is 0 Å². The molecule has 18 heavy (non-hydrogen) atoms. The molecule has 0 amide bonds. The highest BCUT2D eigenvalue weighted by atomic mass is 35.5. The maximum Gasteiger partial charge on any atom is 0.182 e. The second-order valence-electron chi connectivity index (χ2n) is 4.10. The summed E-state index contributed by atoms with van der Waals surface area (Å²) in [6.45, 7) is 4.10. The molecule has 94 valence electrons. The van der Waals surface area contributed by atoms with Crippen LogP contribution < -0.4 is 0 Å². The van der Waals surface area contributed by atoms with E-state index in [4.69, 9.17) is 23.2 Å². The van der Waals surface area contributed by atoms with Crippen LogP contribution in [-0.2, 0) is 6.54 Å². The molecule has 0 saturated heterocycles. The lowest BCUT2D eigenvalue weighted by Crippen LogP contribution is -2.11. The first-order valence-corrected chi connectivity index (χ1v) is 6.21. The molecule has 5 heteroatoms. The number of halogens is 2. The van der Waals surface area contributed by atoms with Gasteiger partial charge in [-0.05, 0) is 32.0 Å². The van der Waals surface area contributed by atoms with Gasteiger partial charge in [0.05, 0.1) is 28.6 Å². The van der Waals surface area contributed by atoms with Gasteiger partial charge >= 0.3 is 0 Å². The van der Waals surface area contributed by atoms with Crippen molar-refractivity contribution in [2.24, 2.45) is 0 Å². The summed E-state index contributed by atoms with van der Waals surface area (Å²) in [5.41, 5.74) is 2.47. The largest absolute Gasteiger partial charge is 0.327 e. The van der Waals surface area contributed by atoms with E-state index in [1.807, 2.05) is 18.4 Å². The van der Waals surface area contributed by atoms with Crippen molar-refractivity contribution in [3.05, 3.63) is 51.5 Å². The number of carbonyl (C=O) groups excluding carboxylic acids is 1. The molecular formula is C13H12Cl2N2O. The number of aromatic nitrogens is 2. The second kappa shape index (κ2) is 5.12. The van der Waals surface area contributed by atoms with E-state index in [0.717, 1.165) is 11.4 Å². The van der Waals surface area contributed by atoms with Gasteiger partial charge in [-0.1, -0.05) is 23.2 Å². The van der Waals surface area contributed by atoms with Crippen LogP contribution in [0.3, 0.4) is 0 Å². The third kappa shape index (κ3) is 2.57. The minimum atomic E-state index is -0.0194. The molecule has 0 spiro atoms. The number of ketones is 1. The molecule has 2 aromatic rings. The van der Waals surface area contributed by atoms with Gasteiger partial charge in [-0.15, -0.1) is 0 Å². The molecule has 0 bridgehead atoms. The SMILES string of the molecule is Cc1ncn(CC(=O)c2ccc(Cl)c(Cl)c2)c1C. The van der Waals surface area contributed by atoms with Gasteiger partial charge in [-0.25, -0.2) is 4.98 Å². The van der Waals surface area contributed by atoms with Crippen molar-refractivity contribution in [2.45, 2.75) is 20.4 Å². The normalized spacial score (nSPS) is 10.7. The summed E-state index contributed by atoms with van der Waals surface area (Å²) in [6.07, 6.45) is 1.67. The Morgan fingerprint density at radius 1 is 1.28 bits per heavy atom. The number of Topliss-reactive ketones (excluding diaryl/α,β-unsaturated/α-hetero) is 1. The van der Waals surface area contributed by atoms with Crippen molar-refractivity contribution in [2.75, 3.05) is 0 Å². The van der Waals surface area contributed by atoms with E-state index in [9.17, 15) is 4.79 Å². The Bertz CT molecular complexity index is 605. The molecule has 0 aliphatic rings. The maximum absolute atomic E-state index is 12.1. The first kappa shape index (κ1) is 13.1. The van der Waals surface area contributed by atoms with Crippen LogP contribution in [0.1, 0.15) is 21.7 Å². The third-order valence-corrected chi connectivity index (χ3v) is 3.64. The van der Waals surface area contributed by atoms with Gasteiger partial charge in [0, 0.05) is 11.3 Å². The first-order valence-electron chi connectivity index (χ1n) is 5.45. The van der Waals surface area contributed by atoms with Gasteiger partial charge in [0.25, 0.3) is 0 Å². The van der Waals surface area contributed by atoms with Crippen LogP contribution in [-0.4, -0.2) is 15.3 Å². The molecule has 1 heterocycles. The van der Waals surface area contributed by atoms with Crippen molar-refractivity contribution >= 4 is 29.0 Å². The van der Waals surface area contributed by atoms with E-state index in [1.54, 1.807) is 24.5 Å². The Labute approximate surface area is 115 Å².